The molecule has 0 aromatic heterocycles. The summed E-state index contributed by atoms with van der Waals surface area (Å²) in [4.78, 5) is 11.4. The Morgan fingerprint density at radius 2 is 2.19 bits per heavy atom. The van der Waals surface area contributed by atoms with Crippen molar-refractivity contribution in [3.63, 3.8) is 0 Å². The third-order valence-corrected chi connectivity index (χ3v) is 2.20. The highest BCUT2D eigenvalue weighted by Crippen LogP contribution is 2.18. The zero-order valence-corrected chi connectivity index (χ0v) is 9.77. The average molecular weight is 245 g/mol. The van der Waals surface area contributed by atoms with Crippen molar-refractivity contribution >= 4 is 23.2 Å². The van der Waals surface area contributed by atoms with Gasteiger partial charge in [0, 0.05) is 17.1 Å². The van der Waals surface area contributed by atoms with Crippen LogP contribution < -0.4 is 10.6 Å². The quantitative estimate of drug-likeness (QED) is 0.781. The summed E-state index contributed by atoms with van der Waals surface area (Å²) in [5.41, 5.74) is 0.388. The van der Waals surface area contributed by atoms with Crippen molar-refractivity contribution in [2.24, 2.45) is 0 Å². The van der Waals surface area contributed by atoms with Crippen LogP contribution >= 0.6 is 11.6 Å². The molecule has 0 fully saturated rings. The lowest BCUT2D eigenvalue weighted by atomic mass is 10.2. The second-order valence-electron chi connectivity index (χ2n) is 3.41. The van der Waals surface area contributed by atoms with Gasteiger partial charge in [-0.2, -0.15) is 0 Å². The number of nitrogens with one attached hydrogen (secondary N) is 2. The number of carbonyl (C=O) groups excluding carboxylic acids is 1. The van der Waals surface area contributed by atoms with Crippen molar-refractivity contribution in [1.82, 2.24) is 5.32 Å². The van der Waals surface area contributed by atoms with Crippen molar-refractivity contribution in [3.05, 3.63) is 29.0 Å². The minimum atomic E-state index is -0.460. The van der Waals surface area contributed by atoms with Crippen LogP contribution in [0.2, 0.25) is 5.02 Å². The molecule has 1 aromatic rings. The molecule has 5 heteroatoms. The van der Waals surface area contributed by atoms with Crippen LogP contribution in [0.4, 0.5) is 10.1 Å². The van der Waals surface area contributed by atoms with E-state index in [0.717, 1.165) is 13.0 Å². The molecule has 16 heavy (non-hydrogen) atoms. The SMILES string of the molecule is CNCCCC(=O)Nc1cc(F)cc(Cl)c1. The third kappa shape index (κ3) is 4.59. The minimum absolute atomic E-state index is 0.142. The van der Waals surface area contributed by atoms with Crippen LogP contribution in [0, 0.1) is 5.82 Å². The maximum absolute atomic E-state index is 12.9. The van der Waals surface area contributed by atoms with Gasteiger partial charge in [-0.15, -0.1) is 0 Å². The zero-order chi connectivity index (χ0) is 12.0. The Bertz CT molecular complexity index is 351. The Morgan fingerprint density at radius 3 is 2.81 bits per heavy atom. The van der Waals surface area contributed by atoms with Crippen molar-refractivity contribution in [3.8, 4) is 0 Å². The lowest BCUT2D eigenvalue weighted by Gasteiger charge is -2.05. The van der Waals surface area contributed by atoms with Gasteiger partial charge in [-0.05, 0) is 38.2 Å². The second-order valence-corrected chi connectivity index (χ2v) is 3.85. The van der Waals surface area contributed by atoms with E-state index in [1.165, 1.54) is 18.2 Å². The molecule has 2 N–H and O–H groups in total. The summed E-state index contributed by atoms with van der Waals surface area (Å²) in [6.45, 7) is 0.775. The van der Waals surface area contributed by atoms with Gasteiger partial charge < -0.3 is 10.6 Å². The number of rotatable bonds is 5. The molecular formula is C11H14ClFN2O. The molecule has 1 rings (SSSR count). The standard InChI is InChI=1S/C11H14ClFN2O/c1-14-4-2-3-11(16)15-10-6-8(12)5-9(13)7-10/h5-7,14H,2-4H2,1H3,(H,15,16). The highest BCUT2D eigenvalue weighted by atomic mass is 35.5. The van der Waals surface area contributed by atoms with Crippen LogP contribution in [-0.4, -0.2) is 19.5 Å². The highest BCUT2D eigenvalue weighted by molar-refractivity contribution is 6.30. The maximum atomic E-state index is 12.9. The number of hydrogen-bond donors (Lipinski definition) is 2. The summed E-state index contributed by atoms with van der Waals surface area (Å²) in [6, 6.07) is 3.95. The number of amides is 1. The first-order chi connectivity index (χ1) is 7.61. The first kappa shape index (κ1) is 12.9. The second kappa shape index (κ2) is 6.45. The summed E-state index contributed by atoms with van der Waals surface area (Å²) >= 11 is 5.66. The van der Waals surface area contributed by atoms with Gasteiger partial charge in [-0.25, -0.2) is 4.39 Å². The van der Waals surface area contributed by atoms with Gasteiger partial charge >= 0.3 is 0 Å². The van der Waals surface area contributed by atoms with E-state index in [2.05, 4.69) is 10.6 Å². The van der Waals surface area contributed by atoms with Crippen LogP contribution in [-0.2, 0) is 4.79 Å². The molecule has 0 unspecified atom stereocenters. The molecule has 3 nitrogen and oxygen atoms in total. The Morgan fingerprint density at radius 1 is 1.44 bits per heavy atom. The first-order valence-corrected chi connectivity index (χ1v) is 5.40. The molecule has 1 aromatic carbocycles. The predicted molar refractivity (Wildman–Crippen MR) is 63.2 cm³/mol. The number of hydrogen-bond acceptors (Lipinski definition) is 2. The fourth-order valence-electron chi connectivity index (χ4n) is 1.28. The molecule has 88 valence electrons. The number of anilines is 1. The number of benzene rings is 1. The van der Waals surface area contributed by atoms with Crippen molar-refractivity contribution < 1.29 is 9.18 Å². The molecule has 0 heterocycles. The topological polar surface area (TPSA) is 41.1 Å². The van der Waals surface area contributed by atoms with Gasteiger partial charge in [0.25, 0.3) is 0 Å². The van der Waals surface area contributed by atoms with Crippen molar-refractivity contribution in [2.45, 2.75) is 12.8 Å². The third-order valence-electron chi connectivity index (χ3n) is 1.98. The zero-order valence-electron chi connectivity index (χ0n) is 9.02. The van der Waals surface area contributed by atoms with E-state index in [4.69, 9.17) is 11.6 Å². The van der Waals surface area contributed by atoms with Gasteiger partial charge in [0.1, 0.15) is 5.82 Å². The van der Waals surface area contributed by atoms with E-state index in [9.17, 15) is 9.18 Å². The molecule has 0 aliphatic carbocycles. The Labute approximate surface area is 99.0 Å². The van der Waals surface area contributed by atoms with Crippen LogP contribution in [0.1, 0.15) is 12.8 Å². The summed E-state index contributed by atoms with van der Waals surface area (Å²) in [5.74, 6) is -0.602. The molecule has 0 bridgehead atoms. The normalized spacial score (nSPS) is 10.2. The number of carbonyl (C=O) groups is 1. The Kier molecular flexibility index (Phi) is 5.22. The van der Waals surface area contributed by atoms with Gasteiger partial charge in [-0.1, -0.05) is 11.6 Å². The number of halogens is 2. The van der Waals surface area contributed by atoms with Gasteiger partial charge in [0.15, 0.2) is 0 Å². The summed E-state index contributed by atoms with van der Waals surface area (Å²) < 4.78 is 12.9. The molecule has 0 atom stereocenters. The fourth-order valence-corrected chi connectivity index (χ4v) is 1.50. The molecule has 1 amide bonds. The van der Waals surface area contributed by atoms with E-state index in [1.54, 1.807) is 0 Å². The van der Waals surface area contributed by atoms with Gasteiger partial charge in [0.2, 0.25) is 5.91 Å². The molecule has 0 radical (unpaired) electrons. The smallest absolute Gasteiger partial charge is 0.224 e. The molecule has 0 saturated carbocycles. The minimum Gasteiger partial charge on any atom is -0.326 e. The Balaban J connectivity index is 2.49. The Hall–Kier alpha value is -1.13. The molecule has 0 saturated heterocycles. The van der Waals surface area contributed by atoms with E-state index in [-0.39, 0.29) is 10.9 Å². The van der Waals surface area contributed by atoms with Crippen molar-refractivity contribution in [2.75, 3.05) is 18.9 Å². The van der Waals surface area contributed by atoms with Gasteiger partial charge in [-0.3, -0.25) is 4.79 Å². The van der Waals surface area contributed by atoms with Crippen molar-refractivity contribution in [1.29, 1.82) is 0 Å². The monoisotopic (exact) mass is 244 g/mol. The fraction of sp³-hybridized carbons (Fsp3) is 0.364. The predicted octanol–water partition coefficient (Wildman–Crippen LogP) is 2.42. The first-order valence-electron chi connectivity index (χ1n) is 5.02. The summed E-state index contributed by atoms with van der Waals surface area (Å²) in [5, 5.41) is 5.80. The molecular weight excluding hydrogens is 231 g/mol. The molecule has 0 spiro atoms. The van der Waals surface area contributed by atoms with E-state index in [1.807, 2.05) is 7.05 Å². The van der Waals surface area contributed by atoms with E-state index in [0.29, 0.717) is 12.1 Å². The lowest BCUT2D eigenvalue weighted by molar-refractivity contribution is -0.116. The van der Waals surface area contributed by atoms with E-state index < -0.39 is 5.82 Å². The lowest BCUT2D eigenvalue weighted by Crippen LogP contribution is -2.15. The summed E-state index contributed by atoms with van der Waals surface area (Å²) in [6.07, 6.45) is 1.14. The highest BCUT2D eigenvalue weighted by Gasteiger charge is 2.04. The largest absolute Gasteiger partial charge is 0.326 e. The van der Waals surface area contributed by atoms with E-state index >= 15 is 0 Å². The average Bonchev–Trinajstić information content (AvgIpc) is 2.16. The molecule has 0 aliphatic rings. The molecule has 0 aliphatic heterocycles. The van der Waals surface area contributed by atoms with Crippen LogP contribution in [0.15, 0.2) is 18.2 Å². The summed E-state index contributed by atoms with van der Waals surface area (Å²) in [7, 11) is 1.82. The van der Waals surface area contributed by atoms with Crippen LogP contribution in [0.25, 0.3) is 0 Å². The maximum Gasteiger partial charge on any atom is 0.224 e. The van der Waals surface area contributed by atoms with Gasteiger partial charge in [0.05, 0.1) is 0 Å². The van der Waals surface area contributed by atoms with Crippen LogP contribution in [0.5, 0.6) is 0 Å². The van der Waals surface area contributed by atoms with Crippen LogP contribution in [0.3, 0.4) is 0 Å².